The van der Waals surface area contributed by atoms with Crippen molar-refractivity contribution in [2.75, 3.05) is 28.4 Å². The Morgan fingerprint density at radius 1 is 0.854 bits per heavy atom. The van der Waals surface area contributed by atoms with Crippen LogP contribution in [0, 0.1) is 0 Å². The summed E-state index contributed by atoms with van der Waals surface area (Å²) in [5.74, 6) is 0.732. The Kier molecular flexibility index (Phi) is 6.37. The van der Waals surface area contributed by atoms with Crippen LogP contribution in [0.2, 0.25) is 0 Å². The molecule has 3 heterocycles. The van der Waals surface area contributed by atoms with Gasteiger partial charge in [0.25, 0.3) is 5.56 Å². The summed E-state index contributed by atoms with van der Waals surface area (Å²) in [6, 6.07) is 13.6. The maximum Gasteiger partial charge on any atom is 0.312 e. The van der Waals surface area contributed by atoms with Gasteiger partial charge < -0.3 is 33.4 Å². The van der Waals surface area contributed by atoms with E-state index in [2.05, 4.69) is 4.98 Å². The third-order valence-corrected chi connectivity index (χ3v) is 7.26. The lowest BCUT2D eigenvalue weighted by atomic mass is 9.85. The normalized spacial score (nSPS) is 16.6. The molecule has 0 fully saturated rings. The highest BCUT2D eigenvalue weighted by atomic mass is 16.5. The number of H-pyrrole nitrogens is 1. The molecule has 1 atom stereocenters. The van der Waals surface area contributed by atoms with Gasteiger partial charge in [-0.2, -0.15) is 0 Å². The first-order valence-electron chi connectivity index (χ1n) is 12.7. The van der Waals surface area contributed by atoms with E-state index in [9.17, 15) is 14.4 Å². The van der Waals surface area contributed by atoms with Crippen LogP contribution in [0.5, 0.6) is 34.5 Å². The van der Waals surface area contributed by atoms with Crippen molar-refractivity contribution in [3.63, 3.8) is 0 Å². The van der Waals surface area contributed by atoms with Crippen LogP contribution in [0.4, 0.5) is 0 Å². The van der Waals surface area contributed by atoms with Crippen molar-refractivity contribution in [1.29, 1.82) is 0 Å². The molecule has 0 amide bonds. The second-order valence-corrected chi connectivity index (χ2v) is 9.46. The molecule has 1 aromatic heterocycles. The standard InChI is InChI=1S/C31H25NO9/c1-36-17-7-5-15-11-20(31(35)32-21(15)13-17)19-14-25(33)40-22-10-8-18-27(34)24(41-29(18)26(19)22)12-16-6-9-23(37-2)30(39-4)28(16)38-3/h5-13,19H,14H2,1-4H3,(H,32,35). The molecule has 0 spiro atoms. The van der Waals surface area contributed by atoms with E-state index in [0.717, 1.165) is 5.39 Å². The second kappa shape index (κ2) is 10.1. The van der Waals surface area contributed by atoms with E-state index in [1.807, 2.05) is 6.07 Å². The zero-order valence-corrected chi connectivity index (χ0v) is 22.7. The number of carbonyl (C=O) groups is 2. The topological polar surface area (TPSA) is 122 Å². The maximum absolute atomic E-state index is 13.5. The summed E-state index contributed by atoms with van der Waals surface area (Å²) in [5, 5.41) is 0.756. The van der Waals surface area contributed by atoms with Gasteiger partial charge in [0.2, 0.25) is 11.5 Å². The lowest BCUT2D eigenvalue weighted by Gasteiger charge is -2.26. The third-order valence-electron chi connectivity index (χ3n) is 7.26. The fraction of sp³-hybridized carbons (Fsp3) is 0.194. The number of nitrogens with one attached hydrogen (secondary N) is 1. The molecular formula is C31H25NO9. The van der Waals surface area contributed by atoms with E-state index < -0.39 is 11.9 Å². The molecule has 1 N–H and O–H groups in total. The Labute approximate surface area is 234 Å². The Bertz CT molecular complexity index is 1840. The molecule has 41 heavy (non-hydrogen) atoms. The van der Waals surface area contributed by atoms with Crippen LogP contribution in [-0.2, 0) is 4.79 Å². The number of hydrogen-bond acceptors (Lipinski definition) is 9. The van der Waals surface area contributed by atoms with E-state index in [1.165, 1.54) is 21.3 Å². The molecule has 6 rings (SSSR count). The Morgan fingerprint density at radius 3 is 2.39 bits per heavy atom. The fourth-order valence-electron chi connectivity index (χ4n) is 5.33. The van der Waals surface area contributed by atoms with Crippen LogP contribution in [0.15, 0.2) is 59.1 Å². The van der Waals surface area contributed by atoms with Gasteiger partial charge in [-0.1, -0.05) is 0 Å². The van der Waals surface area contributed by atoms with E-state index in [0.29, 0.717) is 50.8 Å². The average Bonchev–Trinajstić information content (AvgIpc) is 3.30. The van der Waals surface area contributed by atoms with Gasteiger partial charge in [-0.15, -0.1) is 0 Å². The van der Waals surface area contributed by atoms with Crippen molar-refractivity contribution < 1.29 is 38.0 Å². The Balaban J connectivity index is 1.47. The summed E-state index contributed by atoms with van der Waals surface area (Å²) in [6.07, 6.45) is 1.45. The number of fused-ring (bicyclic) bond motifs is 4. The number of hydrogen-bond donors (Lipinski definition) is 1. The van der Waals surface area contributed by atoms with Gasteiger partial charge in [-0.05, 0) is 53.9 Å². The number of esters is 1. The summed E-state index contributed by atoms with van der Waals surface area (Å²) in [4.78, 5) is 42.3. The molecule has 0 saturated heterocycles. The van der Waals surface area contributed by atoms with Gasteiger partial charge in [0, 0.05) is 28.7 Å². The van der Waals surface area contributed by atoms with Crippen LogP contribution in [-0.4, -0.2) is 45.2 Å². The highest BCUT2D eigenvalue weighted by Crippen LogP contribution is 2.49. The summed E-state index contributed by atoms with van der Waals surface area (Å²) >= 11 is 0. The van der Waals surface area contributed by atoms with Crippen molar-refractivity contribution in [2.24, 2.45) is 0 Å². The van der Waals surface area contributed by atoms with Crippen molar-refractivity contribution >= 4 is 28.7 Å². The predicted molar refractivity (Wildman–Crippen MR) is 149 cm³/mol. The minimum Gasteiger partial charge on any atom is -0.497 e. The van der Waals surface area contributed by atoms with Crippen molar-refractivity contribution in [2.45, 2.75) is 12.3 Å². The number of rotatable bonds is 6. The molecule has 2 aliphatic heterocycles. The highest BCUT2D eigenvalue weighted by Gasteiger charge is 2.39. The number of methoxy groups -OCH3 is 4. The number of Topliss-reactive ketones (excluding diaryl/α,β-unsaturated/α-hetero) is 1. The summed E-state index contributed by atoms with van der Waals surface area (Å²) < 4.78 is 33.3. The summed E-state index contributed by atoms with van der Waals surface area (Å²) in [6.45, 7) is 0. The van der Waals surface area contributed by atoms with Gasteiger partial charge in [-0.25, -0.2) is 0 Å². The second-order valence-electron chi connectivity index (χ2n) is 9.46. The van der Waals surface area contributed by atoms with E-state index in [4.69, 9.17) is 28.4 Å². The van der Waals surface area contributed by atoms with Crippen LogP contribution in [0.1, 0.15) is 39.4 Å². The SMILES string of the molecule is COc1ccc2cc(C3CC(=O)Oc4ccc5c(c43)OC(=Cc3ccc(OC)c(OC)c3OC)C5=O)c(=O)[nH]c2c1. The molecular weight excluding hydrogens is 530 g/mol. The lowest BCUT2D eigenvalue weighted by Crippen LogP contribution is -2.26. The van der Waals surface area contributed by atoms with Crippen molar-refractivity contribution in [3.05, 3.63) is 86.9 Å². The van der Waals surface area contributed by atoms with E-state index in [1.54, 1.807) is 55.7 Å². The van der Waals surface area contributed by atoms with Gasteiger partial charge >= 0.3 is 5.97 Å². The van der Waals surface area contributed by atoms with Gasteiger partial charge in [-0.3, -0.25) is 14.4 Å². The van der Waals surface area contributed by atoms with E-state index in [-0.39, 0.29) is 35.0 Å². The number of aromatic nitrogens is 1. The van der Waals surface area contributed by atoms with Crippen LogP contribution in [0.25, 0.3) is 17.0 Å². The molecule has 3 aromatic carbocycles. The molecule has 4 aromatic rings. The first-order chi connectivity index (χ1) is 19.9. The van der Waals surface area contributed by atoms with E-state index >= 15 is 0 Å². The number of allylic oxidation sites excluding steroid dienone is 1. The first-order valence-corrected chi connectivity index (χ1v) is 12.7. The number of benzene rings is 3. The number of ketones is 1. The van der Waals surface area contributed by atoms with Gasteiger partial charge in [0.1, 0.15) is 17.2 Å². The minimum absolute atomic E-state index is 0.0362. The quantitative estimate of drug-likeness (QED) is 0.206. The maximum atomic E-state index is 13.5. The number of ether oxygens (including phenoxy) is 6. The number of aromatic amines is 1. The van der Waals surface area contributed by atoms with Crippen molar-refractivity contribution in [1.82, 2.24) is 4.98 Å². The largest absolute Gasteiger partial charge is 0.497 e. The smallest absolute Gasteiger partial charge is 0.312 e. The van der Waals surface area contributed by atoms with Crippen LogP contribution < -0.4 is 34.0 Å². The van der Waals surface area contributed by atoms with Gasteiger partial charge in [0.05, 0.1) is 45.9 Å². The molecule has 0 bridgehead atoms. The predicted octanol–water partition coefficient (Wildman–Crippen LogP) is 4.62. The molecule has 2 aliphatic rings. The molecule has 10 heteroatoms. The van der Waals surface area contributed by atoms with Crippen molar-refractivity contribution in [3.8, 4) is 34.5 Å². The summed E-state index contributed by atoms with van der Waals surface area (Å²) in [5.41, 5.74) is 1.85. The third kappa shape index (κ3) is 4.24. The minimum atomic E-state index is -0.709. The lowest BCUT2D eigenvalue weighted by molar-refractivity contribution is -0.135. The number of pyridine rings is 1. The number of carbonyl (C=O) groups excluding carboxylic acids is 2. The average molecular weight is 556 g/mol. The van der Waals surface area contributed by atoms with Gasteiger partial charge in [0.15, 0.2) is 17.3 Å². The monoisotopic (exact) mass is 555 g/mol. The molecule has 10 nitrogen and oxygen atoms in total. The summed E-state index contributed by atoms with van der Waals surface area (Å²) in [7, 11) is 6.03. The van der Waals surface area contributed by atoms with Crippen LogP contribution in [0.3, 0.4) is 0 Å². The molecule has 1 unspecified atom stereocenters. The fourth-order valence-corrected chi connectivity index (χ4v) is 5.33. The first kappa shape index (κ1) is 26.0. The molecule has 0 radical (unpaired) electrons. The highest BCUT2D eigenvalue weighted by molar-refractivity contribution is 6.15. The Morgan fingerprint density at radius 2 is 1.66 bits per heavy atom. The van der Waals surface area contributed by atoms with Crippen LogP contribution >= 0.6 is 0 Å². The zero-order chi connectivity index (χ0) is 28.8. The molecule has 0 saturated carbocycles. The Hall–Kier alpha value is -5.25. The molecule has 0 aliphatic carbocycles. The zero-order valence-electron chi connectivity index (χ0n) is 22.7. The molecule has 208 valence electrons.